The fourth-order valence-corrected chi connectivity index (χ4v) is 3.83. The number of nitrogens with zero attached hydrogens (tertiary/aromatic N) is 1. The van der Waals surface area contributed by atoms with E-state index in [1.54, 1.807) is 6.07 Å². The molecule has 0 amide bonds. The van der Waals surface area contributed by atoms with E-state index < -0.39 is 10.0 Å². The van der Waals surface area contributed by atoms with Gasteiger partial charge in [-0.15, -0.1) is 0 Å². The summed E-state index contributed by atoms with van der Waals surface area (Å²) < 4.78 is 25.8. The van der Waals surface area contributed by atoms with Crippen molar-refractivity contribution in [2.24, 2.45) is 0 Å². The number of anilines is 1. The van der Waals surface area contributed by atoms with E-state index in [0.29, 0.717) is 18.5 Å². The van der Waals surface area contributed by atoms with E-state index in [0.717, 1.165) is 28.3 Å². The Balaban J connectivity index is 2.10. The van der Waals surface area contributed by atoms with E-state index in [4.69, 9.17) is 5.26 Å². The number of sulfonamides is 1. The number of benzene rings is 2. The summed E-state index contributed by atoms with van der Waals surface area (Å²) >= 11 is 0. The minimum atomic E-state index is -3.36. The number of nitriles is 1. The molecule has 1 unspecified atom stereocenters. The second-order valence-electron chi connectivity index (χ2n) is 6.51. The standard InChI is InChI=1S/C20H21N3O2S/c1-14-8-10-15(11-9-14)16(6-4-12-21)18-13-22-20-17(18)5-3-7-19(20)23-26(2,24)25/h3,5,7-11,13,16,22-23H,4,6H2,1-2H3. The lowest BCUT2D eigenvalue weighted by molar-refractivity contribution is 0.607. The number of rotatable bonds is 6. The average molecular weight is 367 g/mol. The molecule has 3 rings (SSSR count). The Hall–Kier alpha value is -2.78. The van der Waals surface area contributed by atoms with E-state index in [1.807, 2.05) is 25.3 Å². The predicted octanol–water partition coefficient (Wildman–Crippen LogP) is 4.28. The quantitative estimate of drug-likeness (QED) is 0.682. The van der Waals surface area contributed by atoms with E-state index in [9.17, 15) is 8.42 Å². The highest BCUT2D eigenvalue weighted by Gasteiger charge is 2.19. The number of aryl methyl sites for hydroxylation is 1. The third-order valence-electron chi connectivity index (χ3n) is 4.44. The summed E-state index contributed by atoms with van der Waals surface area (Å²) in [5.41, 5.74) is 4.68. The third kappa shape index (κ3) is 3.89. The molecule has 0 saturated carbocycles. The highest BCUT2D eigenvalue weighted by atomic mass is 32.2. The van der Waals surface area contributed by atoms with Gasteiger partial charge in [-0.05, 0) is 30.5 Å². The van der Waals surface area contributed by atoms with Gasteiger partial charge in [-0.1, -0.05) is 42.0 Å². The molecule has 1 atom stereocenters. The highest BCUT2D eigenvalue weighted by Crippen LogP contribution is 2.36. The lowest BCUT2D eigenvalue weighted by atomic mass is 9.87. The molecule has 3 aromatic rings. The maximum Gasteiger partial charge on any atom is 0.229 e. The number of aromatic amines is 1. The maximum absolute atomic E-state index is 11.6. The van der Waals surface area contributed by atoms with Crippen molar-refractivity contribution in [3.63, 3.8) is 0 Å². The van der Waals surface area contributed by atoms with Crippen LogP contribution in [0.1, 0.15) is 35.4 Å². The van der Waals surface area contributed by atoms with Crippen LogP contribution in [0.15, 0.2) is 48.7 Å². The van der Waals surface area contributed by atoms with Crippen molar-refractivity contribution in [1.29, 1.82) is 5.26 Å². The van der Waals surface area contributed by atoms with E-state index in [2.05, 4.69) is 40.0 Å². The molecule has 5 nitrogen and oxygen atoms in total. The Bertz CT molecular complexity index is 1060. The van der Waals surface area contributed by atoms with Crippen LogP contribution in [0.4, 0.5) is 5.69 Å². The summed E-state index contributed by atoms with van der Waals surface area (Å²) in [6, 6.07) is 16.1. The lowest BCUT2D eigenvalue weighted by Crippen LogP contribution is -2.09. The Kier molecular flexibility index (Phi) is 5.01. The molecule has 0 aliphatic rings. The van der Waals surface area contributed by atoms with Crippen LogP contribution in [0.2, 0.25) is 0 Å². The van der Waals surface area contributed by atoms with Gasteiger partial charge in [0.1, 0.15) is 0 Å². The molecule has 0 fully saturated rings. The van der Waals surface area contributed by atoms with Crippen molar-refractivity contribution in [1.82, 2.24) is 4.98 Å². The molecule has 2 N–H and O–H groups in total. The lowest BCUT2D eigenvalue weighted by Gasteiger charge is -2.16. The molecule has 134 valence electrons. The van der Waals surface area contributed by atoms with Crippen molar-refractivity contribution in [2.45, 2.75) is 25.7 Å². The summed E-state index contributed by atoms with van der Waals surface area (Å²) in [6.07, 6.45) is 4.21. The van der Waals surface area contributed by atoms with Gasteiger partial charge in [0.05, 0.1) is 23.5 Å². The molecule has 0 saturated heterocycles. The molecule has 0 aliphatic heterocycles. The van der Waals surface area contributed by atoms with Gasteiger partial charge in [0.15, 0.2) is 0 Å². The summed E-state index contributed by atoms with van der Waals surface area (Å²) in [4.78, 5) is 3.21. The second-order valence-corrected chi connectivity index (χ2v) is 8.25. The number of H-pyrrole nitrogens is 1. The zero-order chi connectivity index (χ0) is 18.7. The van der Waals surface area contributed by atoms with Gasteiger partial charge in [-0.2, -0.15) is 5.26 Å². The maximum atomic E-state index is 11.6. The van der Waals surface area contributed by atoms with Crippen LogP contribution in [0.25, 0.3) is 10.9 Å². The van der Waals surface area contributed by atoms with Crippen LogP contribution in [0.5, 0.6) is 0 Å². The average Bonchev–Trinajstić information content (AvgIpc) is 3.01. The Morgan fingerprint density at radius 1 is 1.19 bits per heavy atom. The molecular formula is C20H21N3O2S. The van der Waals surface area contributed by atoms with Crippen molar-refractivity contribution in [3.05, 3.63) is 65.4 Å². The fourth-order valence-electron chi connectivity index (χ4n) is 3.26. The van der Waals surface area contributed by atoms with E-state index in [1.165, 1.54) is 5.56 Å². The first-order chi connectivity index (χ1) is 12.4. The number of hydrogen-bond acceptors (Lipinski definition) is 3. The largest absolute Gasteiger partial charge is 0.359 e. The first kappa shape index (κ1) is 18.0. The van der Waals surface area contributed by atoms with Crippen LogP contribution < -0.4 is 4.72 Å². The van der Waals surface area contributed by atoms with Gasteiger partial charge in [-0.25, -0.2) is 8.42 Å². The summed E-state index contributed by atoms with van der Waals surface area (Å²) in [5, 5.41) is 10.0. The number of aromatic nitrogens is 1. The number of nitrogens with one attached hydrogen (secondary N) is 2. The SMILES string of the molecule is Cc1ccc(C(CCC#N)c2c[nH]c3c(NS(C)(=O)=O)cccc23)cc1. The van der Waals surface area contributed by atoms with Gasteiger partial charge < -0.3 is 4.98 Å². The molecule has 1 heterocycles. The molecule has 0 radical (unpaired) electrons. The van der Waals surface area contributed by atoms with E-state index >= 15 is 0 Å². The molecule has 2 aromatic carbocycles. The summed E-state index contributed by atoms with van der Waals surface area (Å²) in [7, 11) is -3.36. The van der Waals surface area contributed by atoms with Gasteiger partial charge in [0.25, 0.3) is 0 Å². The van der Waals surface area contributed by atoms with E-state index in [-0.39, 0.29) is 5.92 Å². The molecule has 26 heavy (non-hydrogen) atoms. The fraction of sp³-hybridized carbons (Fsp3) is 0.250. The monoisotopic (exact) mass is 367 g/mol. The third-order valence-corrected chi connectivity index (χ3v) is 5.03. The van der Waals surface area contributed by atoms with Crippen molar-refractivity contribution in [2.75, 3.05) is 11.0 Å². The van der Waals surface area contributed by atoms with Crippen molar-refractivity contribution < 1.29 is 8.42 Å². The Morgan fingerprint density at radius 3 is 2.58 bits per heavy atom. The smallest absolute Gasteiger partial charge is 0.229 e. The van der Waals surface area contributed by atoms with Gasteiger partial charge in [0, 0.05) is 23.9 Å². The zero-order valence-corrected chi connectivity index (χ0v) is 15.6. The number of hydrogen-bond donors (Lipinski definition) is 2. The van der Waals surface area contributed by atoms with Crippen LogP contribution >= 0.6 is 0 Å². The van der Waals surface area contributed by atoms with Crippen molar-refractivity contribution >= 4 is 26.6 Å². The number of para-hydroxylation sites is 1. The minimum absolute atomic E-state index is 0.0671. The molecule has 6 heteroatoms. The Labute approximate surface area is 153 Å². The van der Waals surface area contributed by atoms with Crippen molar-refractivity contribution in [3.8, 4) is 6.07 Å². The van der Waals surface area contributed by atoms with Gasteiger partial charge in [0.2, 0.25) is 10.0 Å². The molecule has 0 aliphatic carbocycles. The first-order valence-corrected chi connectivity index (χ1v) is 10.3. The normalized spacial score (nSPS) is 12.7. The van der Waals surface area contributed by atoms with Crippen LogP contribution in [0, 0.1) is 18.3 Å². The zero-order valence-electron chi connectivity index (χ0n) is 14.8. The molecule has 0 bridgehead atoms. The molecular weight excluding hydrogens is 346 g/mol. The van der Waals surface area contributed by atoms with Gasteiger partial charge >= 0.3 is 0 Å². The first-order valence-electron chi connectivity index (χ1n) is 8.40. The number of fused-ring (bicyclic) bond motifs is 1. The summed E-state index contributed by atoms with van der Waals surface area (Å²) in [5.74, 6) is 0.0671. The second kappa shape index (κ2) is 7.22. The highest BCUT2D eigenvalue weighted by molar-refractivity contribution is 7.92. The van der Waals surface area contributed by atoms with Gasteiger partial charge in [-0.3, -0.25) is 4.72 Å². The van der Waals surface area contributed by atoms with Crippen LogP contribution in [0.3, 0.4) is 0 Å². The minimum Gasteiger partial charge on any atom is -0.359 e. The van der Waals surface area contributed by atoms with Crippen LogP contribution in [-0.2, 0) is 10.0 Å². The molecule has 1 aromatic heterocycles. The topological polar surface area (TPSA) is 85.8 Å². The van der Waals surface area contributed by atoms with Crippen LogP contribution in [-0.4, -0.2) is 19.7 Å². The molecule has 0 spiro atoms. The Morgan fingerprint density at radius 2 is 1.92 bits per heavy atom. The summed E-state index contributed by atoms with van der Waals surface area (Å²) in [6.45, 7) is 2.04. The predicted molar refractivity (Wildman–Crippen MR) is 105 cm³/mol.